The van der Waals surface area contributed by atoms with E-state index in [0.717, 1.165) is 11.4 Å². The number of aromatic amines is 1. The van der Waals surface area contributed by atoms with Gasteiger partial charge in [0.15, 0.2) is 5.65 Å². The number of hydrogen-bond acceptors (Lipinski definition) is 3. The number of rotatable bonds is 3. The number of methoxy groups -OCH3 is 1. The lowest BCUT2D eigenvalue weighted by Gasteiger charge is -1.97. The molecule has 86 valence electrons. The van der Waals surface area contributed by atoms with Gasteiger partial charge in [-0.05, 0) is 13.8 Å². The Bertz CT molecular complexity index is 553. The van der Waals surface area contributed by atoms with Gasteiger partial charge in [-0.15, -0.1) is 0 Å². The zero-order valence-corrected chi connectivity index (χ0v) is 9.37. The number of carbonyl (C=O) groups is 1. The van der Waals surface area contributed by atoms with E-state index in [1.165, 1.54) is 7.11 Å². The molecule has 0 aliphatic carbocycles. The Morgan fingerprint density at radius 1 is 1.56 bits per heavy atom. The van der Waals surface area contributed by atoms with Crippen molar-refractivity contribution in [3.05, 3.63) is 22.6 Å². The number of carboxylic acid groups (broad SMARTS) is 1. The van der Waals surface area contributed by atoms with Crippen LogP contribution in [0.5, 0.6) is 0 Å². The molecule has 0 unspecified atom stereocenters. The van der Waals surface area contributed by atoms with Crippen LogP contribution in [0.4, 0.5) is 0 Å². The molecule has 2 N–H and O–H groups in total. The Morgan fingerprint density at radius 2 is 2.25 bits per heavy atom. The molecule has 2 heterocycles. The molecule has 2 rings (SSSR count). The summed E-state index contributed by atoms with van der Waals surface area (Å²) in [6.07, 6.45) is 0. The van der Waals surface area contributed by atoms with Crippen LogP contribution in [0.3, 0.4) is 0 Å². The summed E-state index contributed by atoms with van der Waals surface area (Å²) < 4.78 is 6.63. The van der Waals surface area contributed by atoms with E-state index in [4.69, 9.17) is 9.84 Å². The number of ether oxygens (including phenoxy) is 1. The first-order valence-corrected chi connectivity index (χ1v) is 4.85. The zero-order chi connectivity index (χ0) is 11.9. The number of fused-ring (bicyclic) bond motifs is 1. The fourth-order valence-corrected chi connectivity index (χ4v) is 1.71. The highest BCUT2D eigenvalue weighted by Crippen LogP contribution is 2.19. The first kappa shape index (κ1) is 10.7. The van der Waals surface area contributed by atoms with Crippen LogP contribution in [-0.4, -0.2) is 32.8 Å². The van der Waals surface area contributed by atoms with Crippen LogP contribution in [0.25, 0.3) is 5.65 Å². The number of aryl methyl sites for hydroxylation is 2. The fourth-order valence-electron chi connectivity index (χ4n) is 1.71. The van der Waals surface area contributed by atoms with E-state index < -0.39 is 5.97 Å². The molecule has 2 aromatic rings. The van der Waals surface area contributed by atoms with E-state index in [1.807, 2.05) is 13.8 Å². The van der Waals surface area contributed by atoms with Crippen LogP contribution in [-0.2, 0) is 11.3 Å². The number of carboxylic acids is 1. The minimum atomic E-state index is -0.997. The molecule has 0 saturated heterocycles. The smallest absolute Gasteiger partial charge is 0.341 e. The van der Waals surface area contributed by atoms with Gasteiger partial charge < -0.3 is 9.84 Å². The predicted octanol–water partition coefficient (Wildman–Crippen LogP) is 1.12. The molecule has 6 nitrogen and oxygen atoms in total. The molecule has 0 spiro atoms. The predicted molar refractivity (Wildman–Crippen MR) is 56.7 cm³/mol. The summed E-state index contributed by atoms with van der Waals surface area (Å²) in [7, 11) is 1.52. The van der Waals surface area contributed by atoms with Crippen molar-refractivity contribution in [1.29, 1.82) is 0 Å². The third kappa shape index (κ3) is 1.38. The molecule has 0 aliphatic rings. The molecule has 6 heteroatoms. The SMILES string of the molecule is COCc1[nH]n2c(C)c(C)nc2c1C(=O)O. The van der Waals surface area contributed by atoms with Gasteiger partial charge in [0.2, 0.25) is 0 Å². The molecule has 16 heavy (non-hydrogen) atoms. The van der Waals surface area contributed by atoms with Crippen molar-refractivity contribution in [2.45, 2.75) is 20.5 Å². The highest BCUT2D eigenvalue weighted by Gasteiger charge is 2.21. The Hall–Kier alpha value is -1.82. The van der Waals surface area contributed by atoms with Crippen LogP contribution in [0, 0.1) is 13.8 Å². The minimum absolute atomic E-state index is 0.179. The summed E-state index contributed by atoms with van der Waals surface area (Å²) in [6, 6.07) is 0. The van der Waals surface area contributed by atoms with Gasteiger partial charge in [-0.25, -0.2) is 14.3 Å². The van der Waals surface area contributed by atoms with Crippen LogP contribution in [0.2, 0.25) is 0 Å². The number of H-pyrrole nitrogens is 1. The number of aromatic carboxylic acids is 1. The van der Waals surface area contributed by atoms with Gasteiger partial charge in [-0.2, -0.15) is 0 Å². The topological polar surface area (TPSA) is 79.6 Å². The summed E-state index contributed by atoms with van der Waals surface area (Å²) in [5.41, 5.74) is 2.87. The van der Waals surface area contributed by atoms with Crippen molar-refractivity contribution in [3.63, 3.8) is 0 Å². The number of nitrogens with one attached hydrogen (secondary N) is 1. The molecule has 0 amide bonds. The summed E-state index contributed by atoms with van der Waals surface area (Å²) in [6.45, 7) is 3.95. The van der Waals surface area contributed by atoms with Crippen molar-refractivity contribution in [3.8, 4) is 0 Å². The number of imidazole rings is 1. The Kier molecular flexibility index (Phi) is 2.43. The van der Waals surface area contributed by atoms with Crippen LogP contribution >= 0.6 is 0 Å². The normalized spacial score (nSPS) is 11.2. The second-order valence-corrected chi connectivity index (χ2v) is 3.65. The van der Waals surface area contributed by atoms with E-state index in [9.17, 15) is 4.79 Å². The first-order chi connectivity index (χ1) is 7.56. The molecule has 0 atom stereocenters. The van der Waals surface area contributed by atoms with Crippen LogP contribution in [0.15, 0.2) is 0 Å². The summed E-state index contributed by atoms with van der Waals surface area (Å²) in [5, 5.41) is 12.1. The highest BCUT2D eigenvalue weighted by atomic mass is 16.5. The van der Waals surface area contributed by atoms with E-state index in [1.54, 1.807) is 4.52 Å². The van der Waals surface area contributed by atoms with E-state index in [-0.39, 0.29) is 12.2 Å². The molecule has 0 radical (unpaired) electrons. The minimum Gasteiger partial charge on any atom is -0.477 e. The third-order valence-corrected chi connectivity index (χ3v) is 2.62. The van der Waals surface area contributed by atoms with Crippen LogP contribution < -0.4 is 0 Å². The van der Waals surface area contributed by atoms with Gasteiger partial charge in [0.1, 0.15) is 5.56 Å². The van der Waals surface area contributed by atoms with Gasteiger partial charge in [0, 0.05) is 7.11 Å². The van der Waals surface area contributed by atoms with E-state index in [0.29, 0.717) is 11.3 Å². The fraction of sp³-hybridized carbons (Fsp3) is 0.400. The van der Waals surface area contributed by atoms with Crippen LogP contribution in [0.1, 0.15) is 27.4 Å². The maximum atomic E-state index is 11.2. The quantitative estimate of drug-likeness (QED) is 0.817. The average molecular weight is 223 g/mol. The Labute approximate surface area is 91.8 Å². The number of hydrogen-bond donors (Lipinski definition) is 2. The van der Waals surface area contributed by atoms with Gasteiger partial charge in [0.05, 0.1) is 23.7 Å². The van der Waals surface area contributed by atoms with Gasteiger partial charge in [0.25, 0.3) is 0 Å². The molecule has 0 aromatic carbocycles. The van der Waals surface area contributed by atoms with Gasteiger partial charge in [-0.1, -0.05) is 0 Å². The highest BCUT2D eigenvalue weighted by molar-refractivity contribution is 5.96. The average Bonchev–Trinajstić information content (AvgIpc) is 2.67. The molecular weight excluding hydrogens is 210 g/mol. The van der Waals surface area contributed by atoms with E-state index >= 15 is 0 Å². The van der Waals surface area contributed by atoms with Gasteiger partial charge in [-0.3, -0.25) is 5.10 Å². The lowest BCUT2D eigenvalue weighted by atomic mass is 10.2. The maximum Gasteiger partial charge on any atom is 0.341 e. The summed E-state index contributed by atoms with van der Waals surface area (Å²) in [5.74, 6) is -0.997. The van der Waals surface area contributed by atoms with Crippen molar-refractivity contribution in [2.75, 3.05) is 7.11 Å². The van der Waals surface area contributed by atoms with Crippen molar-refractivity contribution in [2.24, 2.45) is 0 Å². The molecule has 2 aromatic heterocycles. The molecule has 0 saturated carbocycles. The van der Waals surface area contributed by atoms with Gasteiger partial charge >= 0.3 is 5.97 Å². The lowest BCUT2D eigenvalue weighted by Crippen LogP contribution is -2.02. The largest absolute Gasteiger partial charge is 0.477 e. The molecule has 0 fully saturated rings. The third-order valence-electron chi connectivity index (χ3n) is 2.62. The zero-order valence-electron chi connectivity index (χ0n) is 9.37. The van der Waals surface area contributed by atoms with E-state index in [2.05, 4.69) is 10.1 Å². The van der Waals surface area contributed by atoms with Crippen molar-refractivity contribution >= 4 is 11.6 Å². The standard InChI is InChI=1S/C10H13N3O3/c1-5-6(2)13-9(11-5)8(10(14)15)7(12-13)4-16-3/h12H,4H2,1-3H3,(H,14,15). The summed E-state index contributed by atoms with van der Waals surface area (Å²) >= 11 is 0. The number of nitrogens with zero attached hydrogens (tertiary/aromatic N) is 2. The molecule has 0 aliphatic heterocycles. The number of aromatic nitrogens is 3. The maximum absolute atomic E-state index is 11.2. The first-order valence-electron chi connectivity index (χ1n) is 4.85. The lowest BCUT2D eigenvalue weighted by molar-refractivity contribution is 0.0693. The second kappa shape index (κ2) is 3.64. The Balaban J connectivity index is 2.73. The van der Waals surface area contributed by atoms with Crippen molar-refractivity contribution in [1.82, 2.24) is 14.6 Å². The molecule has 0 bridgehead atoms. The monoisotopic (exact) mass is 223 g/mol. The molecular formula is C10H13N3O3. The summed E-state index contributed by atoms with van der Waals surface area (Å²) in [4.78, 5) is 15.4. The van der Waals surface area contributed by atoms with Crippen molar-refractivity contribution < 1.29 is 14.6 Å². The second-order valence-electron chi connectivity index (χ2n) is 3.65. The Morgan fingerprint density at radius 3 is 2.81 bits per heavy atom.